The predicted octanol–water partition coefficient (Wildman–Crippen LogP) is 6.58. The van der Waals surface area contributed by atoms with Gasteiger partial charge in [0.2, 0.25) is 0 Å². The summed E-state index contributed by atoms with van der Waals surface area (Å²) in [6.45, 7) is 8.51. The lowest BCUT2D eigenvalue weighted by molar-refractivity contribution is 0.102. The second-order valence-corrected chi connectivity index (χ2v) is 9.74. The van der Waals surface area contributed by atoms with Crippen LogP contribution in [0.1, 0.15) is 57.7 Å². The molecule has 1 atom stereocenters. The Labute approximate surface area is 187 Å². The number of carbonyl (C=O) groups excluding carboxylic acids is 1. The van der Waals surface area contributed by atoms with E-state index in [1.54, 1.807) is 11.3 Å². The highest BCUT2D eigenvalue weighted by molar-refractivity contribution is 7.16. The quantitative estimate of drug-likeness (QED) is 0.490. The second kappa shape index (κ2) is 9.33. The Hall–Kier alpha value is -2.50. The van der Waals surface area contributed by atoms with Crippen molar-refractivity contribution in [3.8, 4) is 0 Å². The highest BCUT2D eigenvalue weighted by Gasteiger charge is 2.31. The Morgan fingerprint density at radius 1 is 1.06 bits per heavy atom. The van der Waals surface area contributed by atoms with Gasteiger partial charge in [-0.1, -0.05) is 37.3 Å². The summed E-state index contributed by atoms with van der Waals surface area (Å²) < 4.78 is 13.7. The number of piperidine rings is 1. The standard InChI is InChI=1S/C26H29FN2OS/c1-17-13-15-29(16-14-17)24(20-9-11-22(27)12-10-20)23-18(2)19(3)31-26(23)28-25(30)21-7-5-4-6-8-21/h4-12,17,24H,13-16H2,1-3H3,(H,28,30)/t24-/m0/s1. The molecule has 4 rings (SSSR count). The van der Waals surface area contributed by atoms with E-state index in [0.717, 1.165) is 42.1 Å². The van der Waals surface area contributed by atoms with Crippen LogP contribution in [-0.4, -0.2) is 23.9 Å². The molecule has 3 aromatic rings. The van der Waals surface area contributed by atoms with Gasteiger partial charge in [-0.05, 0) is 81.1 Å². The highest BCUT2D eigenvalue weighted by Crippen LogP contribution is 2.43. The van der Waals surface area contributed by atoms with E-state index in [0.29, 0.717) is 11.5 Å². The maximum absolute atomic E-state index is 13.7. The Bertz CT molecular complexity index is 1040. The van der Waals surface area contributed by atoms with Crippen molar-refractivity contribution < 1.29 is 9.18 Å². The van der Waals surface area contributed by atoms with Gasteiger partial charge in [0.05, 0.1) is 6.04 Å². The van der Waals surface area contributed by atoms with E-state index in [9.17, 15) is 9.18 Å². The van der Waals surface area contributed by atoms with E-state index >= 15 is 0 Å². The molecule has 0 saturated carbocycles. The van der Waals surface area contributed by atoms with Crippen LogP contribution in [0.3, 0.4) is 0 Å². The zero-order chi connectivity index (χ0) is 22.0. The van der Waals surface area contributed by atoms with Crippen LogP contribution in [0.4, 0.5) is 9.39 Å². The molecule has 0 spiro atoms. The molecule has 0 radical (unpaired) electrons. The molecule has 1 N–H and O–H groups in total. The Morgan fingerprint density at radius 3 is 2.35 bits per heavy atom. The second-order valence-electron chi connectivity index (χ2n) is 8.52. The molecule has 162 valence electrons. The number of amides is 1. The van der Waals surface area contributed by atoms with E-state index in [1.165, 1.54) is 22.6 Å². The average Bonchev–Trinajstić information content (AvgIpc) is 3.05. The smallest absolute Gasteiger partial charge is 0.256 e. The molecular weight excluding hydrogens is 407 g/mol. The Morgan fingerprint density at radius 2 is 1.71 bits per heavy atom. The number of benzene rings is 2. The fourth-order valence-corrected chi connectivity index (χ4v) is 5.41. The number of anilines is 1. The van der Waals surface area contributed by atoms with Gasteiger partial charge in [-0.15, -0.1) is 11.3 Å². The van der Waals surface area contributed by atoms with Gasteiger partial charge in [0.25, 0.3) is 5.91 Å². The van der Waals surface area contributed by atoms with E-state index in [1.807, 2.05) is 42.5 Å². The molecule has 3 nitrogen and oxygen atoms in total. The van der Waals surface area contributed by atoms with Crippen molar-refractivity contribution in [2.75, 3.05) is 18.4 Å². The Balaban J connectivity index is 1.75. The number of nitrogens with one attached hydrogen (secondary N) is 1. The number of rotatable bonds is 5. The van der Waals surface area contributed by atoms with Crippen LogP contribution in [0, 0.1) is 25.6 Å². The first-order valence-electron chi connectivity index (χ1n) is 10.9. The molecule has 1 aliphatic heterocycles. The van der Waals surface area contributed by atoms with Gasteiger partial charge in [0, 0.05) is 16.0 Å². The Kier molecular flexibility index (Phi) is 6.54. The van der Waals surface area contributed by atoms with Crippen molar-refractivity contribution >= 4 is 22.2 Å². The summed E-state index contributed by atoms with van der Waals surface area (Å²) in [5, 5.41) is 4.06. The summed E-state index contributed by atoms with van der Waals surface area (Å²) in [7, 11) is 0. The van der Waals surface area contributed by atoms with Crippen molar-refractivity contribution in [1.82, 2.24) is 4.90 Å². The van der Waals surface area contributed by atoms with Crippen LogP contribution < -0.4 is 5.32 Å². The highest BCUT2D eigenvalue weighted by atomic mass is 32.1. The fourth-order valence-electron chi connectivity index (χ4n) is 4.32. The number of hydrogen-bond acceptors (Lipinski definition) is 3. The summed E-state index contributed by atoms with van der Waals surface area (Å²) >= 11 is 1.62. The summed E-state index contributed by atoms with van der Waals surface area (Å²) in [6, 6.07) is 16.1. The molecule has 2 heterocycles. The van der Waals surface area contributed by atoms with Gasteiger partial charge in [-0.3, -0.25) is 9.69 Å². The molecule has 2 aromatic carbocycles. The molecule has 5 heteroatoms. The average molecular weight is 437 g/mol. The zero-order valence-electron chi connectivity index (χ0n) is 18.3. The zero-order valence-corrected chi connectivity index (χ0v) is 19.1. The number of carbonyl (C=O) groups is 1. The molecule has 0 aliphatic carbocycles. The molecule has 31 heavy (non-hydrogen) atoms. The molecule has 1 amide bonds. The minimum atomic E-state index is -0.231. The topological polar surface area (TPSA) is 32.3 Å². The van der Waals surface area contributed by atoms with Crippen LogP contribution >= 0.6 is 11.3 Å². The van der Waals surface area contributed by atoms with Crippen LogP contribution in [0.25, 0.3) is 0 Å². The minimum absolute atomic E-state index is 0.0101. The van der Waals surface area contributed by atoms with Crippen LogP contribution in [-0.2, 0) is 0 Å². The maximum atomic E-state index is 13.7. The van der Waals surface area contributed by atoms with E-state index in [2.05, 4.69) is 31.0 Å². The lowest BCUT2D eigenvalue weighted by atomic mass is 9.91. The minimum Gasteiger partial charge on any atom is -0.313 e. The SMILES string of the molecule is Cc1sc(NC(=O)c2ccccc2)c([C@H](c2ccc(F)cc2)N2CCC(C)CC2)c1C. The monoisotopic (exact) mass is 436 g/mol. The number of thiophene rings is 1. The third-order valence-corrected chi connectivity index (χ3v) is 7.48. The molecule has 1 aliphatic rings. The number of nitrogens with zero attached hydrogens (tertiary/aromatic N) is 1. The van der Waals surface area contributed by atoms with Crippen LogP contribution in [0.15, 0.2) is 54.6 Å². The molecule has 0 bridgehead atoms. The van der Waals surface area contributed by atoms with Gasteiger partial charge in [0.1, 0.15) is 10.8 Å². The molecular formula is C26H29FN2OS. The first kappa shape index (κ1) is 21.7. The third-order valence-electron chi connectivity index (χ3n) is 6.34. The number of likely N-dealkylation sites (tertiary alicyclic amines) is 1. The summed E-state index contributed by atoms with van der Waals surface area (Å²) in [4.78, 5) is 16.6. The van der Waals surface area contributed by atoms with Gasteiger partial charge >= 0.3 is 0 Å². The van der Waals surface area contributed by atoms with Crippen molar-refractivity contribution in [2.45, 2.75) is 39.7 Å². The third kappa shape index (κ3) is 4.73. The van der Waals surface area contributed by atoms with Gasteiger partial charge in [-0.25, -0.2) is 4.39 Å². The molecule has 1 aromatic heterocycles. The first-order chi connectivity index (χ1) is 14.9. The predicted molar refractivity (Wildman–Crippen MR) is 126 cm³/mol. The maximum Gasteiger partial charge on any atom is 0.256 e. The fraction of sp³-hybridized carbons (Fsp3) is 0.346. The van der Waals surface area contributed by atoms with Crippen LogP contribution in [0.5, 0.6) is 0 Å². The number of halogens is 1. The van der Waals surface area contributed by atoms with Crippen LogP contribution in [0.2, 0.25) is 0 Å². The summed E-state index contributed by atoms with van der Waals surface area (Å²) in [6.07, 6.45) is 2.29. The lowest BCUT2D eigenvalue weighted by Crippen LogP contribution is -2.37. The van der Waals surface area contributed by atoms with E-state index in [4.69, 9.17) is 0 Å². The van der Waals surface area contributed by atoms with Crippen molar-refractivity contribution in [3.05, 3.63) is 87.5 Å². The number of aryl methyl sites for hydroxylation is 1. The summed E-state index contributed by atoms with van der Waals surface area (Å²) in [5.74, 6) is 0.381. The van der Waals surface area contributed by atoms with Crippen molar-refractivity contribution in [3.63, 3.8) is 0 Å². The van der Waals surface area contributed by atoms with E-state index in [-0.39, 0.29) is 17.8 Å². The molecule has 0 unspecified atom stereocenters. The lowest BCUT2D eigenvalue weighted by Gasteiger charge is -2.37. The first-order valence-corrected chi connectivity index (χ1v) is 11.7. The normalized spacial score (nSPS) is 16.3. The van der Waals surface area contributed by atoms with Gasteiger partial charge < -0.3 is 5.32 Å². The van der Waals surface area contributed by atoms with E-state index < -0.39 is 0 Å². The largest absolute Gasteiger partial charge is 0.313 e. The number of hydrogen-bond donors (Lipinski definition) is 1. The molecule has 1 fully saturated rings. The van der Waals surface area contributed by atoms with Gasteiger partial charge in [-0.2, -0.15) is 0 Å². The van der Waals surface area contributed by atoms with Crippen molar-refractivity contribution in [2.24, 2.45) is 5.92 Å². The molecule has 1 saturated heterocycles. The van der Waals surface area contributed by atoms with Crippen molar-refractivity contribution in [1.29, 1.82) is 0 Å². The summed E-state index contributed by atoms with van der Waals surface area (Å²) in [5.41, 5.74) is 4.03. The van der Waals surface area contributed by atoms with Gasteiger partial charge in [0.15, 0.2) is 0 Å².